The Morgan fingerprint density at radius 1 is 1.07 bits per heavy atom. The molecule has 1 aromatic carbocycles. The van der Waals surface area contributed by atoms with Gasteiger partial charge in [-0.15, -0.1) is 0 Å². The summed E-state index contributed by atoms with van der Waals surface area (Å²) in [6.07, 6.45) is -0.459. The third-order valence-electron chi connectivity index (χ3n) is 4.78. The monoisotopic (exact) mass is 412 g/mol. The fourth-order valence-corrected chi connectivity index (χ4v) is 3.27. The maximum absolute atomic E-state index is 12.1. The molecule has 2 aliphatic rings. The molecule has 0 radical (unpaired) electrons. The number of aromatic nitrogens is 2. The number of hydrogen-bond acceptors (Lipinski definition) is 8. The van der Waals surface area contributed by atoms with Crippen LogP contribution in [-0.4, -0.2) is 72.9 Å². The fourth-order valence-electron chi connectivity index (χ4n) is 3.27. The quantitative estimate of drug-likeness (QED) is 0.739. The summed E-state index contributed by atoms with van der Waals surface area (Å²) in [6.45, 7) is 5.65. The average Bonchev–Trinajstić information content (AvgIpc) is 3.14. The minimum atomic E-state index is -0.459. The van der Waals surface area contributed by atoms with Crippen LogP contribution >= 0.6 is 0 Å². The molecule has 30 heavy (non-hydrogen) atoms. The molecule has 2 aliphatic heterocycles. The van der Waals surface area contributed by atoms with Gasteiger partial charge in [-0.25, -0.2) is 9.78 Å². The van der Waals surface area contributed by atoms with Crippen LogP contribution in [0.25, 0.3) is 0 Å². The first-order valence-electron chi connectivity index (χ1n) is 9.84. The van der Waals surface area contributed by atoms with E-state index in [2.05, 4.69) is 25.5 Å². The van der Waals surface area contributed by atoms with E-state index in [1.54, 1.807) is 12.1 Å². The summed E-state index contributed by atoms with van der Waals surface area (Å²) in [4.78, 5) is 36.2. The minimum Gasteiger partial charge on any atom is -0.448 e. The Morgan fingerprint density at radius 2 is 1.80 bits per heavy atom. The summed E-state index contributed by atoms with van der Waals surface area (Å²) < 4.78 is 10.2. The molecule has 4 rings (SSSR count). The van der Waals surface area contributed by atoms with Crippen molar-refractivity contribution in [2.75, 3.05) is 61.5 Å². The van der Waals surface area contributed by atoms with Crippen LogP contribution in [0.4, 0.5) is 27.9 Å². The first kappa shape index (κ1) is 19.9. The Kier molecular flexibility index (Phi) is 5.94. The third-order valence-corrected chi connectivity index (χ3v) is 4.78. The molecule has 0 spiro atoms. The van der Waals surface area contributed by atoms with E-state index >= 15 is 0 Å². The summed E-state index contributed by atoms with van der Waals surface area (Å²) >= 11 is 0. The molecule has 2 aromatic rings. The van der Waals surface area contributed by atoms with E-state index in [9.17, 15) is 9.59 Å². The number of nitrogens with zero attached hydrogens (tertiary/aromatic N) is 4. The average molecular weight is 412 g/mol. The topological polar surface area (TPSA) is 109 Å². The van der Waals surface area contributed by atoms with Crippen LogP contribution in [0.1, 0.15) is 5.69 Å². The zero-order valence-electron chi connectivity index (χ0n) is 16.8. The number of benzene rings is 1. The summed E-state index contributed by atoms with van der Waals surface area (Å²) in [5.74, 6) is 1.12. The van der Waals surface area contributed by atoms with E-state index in [0.717, 1.165) is 30.3 Å². The highest BCUT2D eigenvalue weighted by Crippen LogP contribution is 2.20. The van der Waals surface area contributed by atoms with Crippen LogP contribution in [0.15, 0.2) is 30.3 Å². The lowest BCUT2D eigenvalue weighted by atomic mass is 10.2. The van der Waals surface area contributed by atoms with Crippen LogP contribution < -0.4 is 15.5 Å². The number of carbonyl (C=O) groups is 2. The van der Waals surface area contributed by atoms with Gasteiger partial charge in [0.05, 0.1) is 19.8 Å². The molecule has 0 atom stereocenters. The van der Waals surface area contributed by atoms with Crippen molar-refractivity contribution in [2.45, 2.75) is 6.92 Å². The third kappa shape index (κ3) is 4.95. The van der Waals surface area contributed by atoms with Gasteiger partial charge in [-0.3, -0.25) is 9.69 Å². The van der Waals surface area contributed by atoms with Crippen molar-refractivity contribution in [1.82, 2.24) is 14.9 Å². The number of morpholine rings is 1. The lowest BCUT2D eigenvalue weighted by Crippen LogP contribution is -2.36. The predicted molar refractivity (Wildman–Crippen MR) is 111 cm³/mol. The smallest absolute Gasteiger partial charge is 0.410 e. The van der Waals surface area contributed by atoms with Gasteiger partial charge in [-0.1, -0.05) is 0 Å². The van der Waals surface area contributed by atoms with Gasteiger partial charge in [0.15, 0.2) is 0 Å². The zero-order valence-corrected chi connectivity index (χ0v) is 16.8. The Balaban J connectivity index is 1.37. The summed E-state index contributed by atoms with van der Waals surface area (Å²) in [7, 11) is 0. The molecular formula is C20H24N6O4. The van der Waals surface area contributed by atoms with Gasteiger partial charge in [-0.2, -0.15) is 4.98 Å². The van der Waals surface area contributed by atoms with Crippen molar-refractivity contribution in [2.24, 2.45) is 0 Å². The first-order valence-corrected chi connectivity index (χ1v) is 9.84. The molecule has 2 saturated heterocycles. The molecule has 1 aromatic heterocycles. The molecule has 158 valence electrons. The van der Waals surface area contributed by atoms with E-state index < -0.39 is 6.09 Å². The zero-order chi connectivity index (χ0) is 20.9. The van der Waals surface area contributed by atoms with Crippen LogP contribution in [0.5, 0.6) is 0 Å². The maximum atomic E-state index is 12.1. The number of carbonyl (C=O) groups excluding carboxylic acids is 2. The Labute approximate surface area is 174 Å². The van der Waals surface area contributed by atoms with Crippen molar-refractivity contribution in [1.29, 1.82) is 0 Å². The second-order valence-corrected chi connectivity index (χ2v) is 7.08. The largest absolute Gasteiger partial charge is 0.448 e. The van der Waals surface area contributed by atoms with Gasteiger partial charge in [0.2, 0.25) is 11.9 Å². The first-order chi connectivity index (χ1) is 14.6. The molecule has 2 amide bonds. The van der Waals surface area contributed by atoms with Crippen molar-refractivity contribution in [3.05, 3.63) is 36.0 Å². The van der Waals surface area contributed by atoms with Crippen LogP contribution in [0, 0.1) is 6.92 Å². The Hall–Kier alpha value is -3.40. The molecule has 2 N–H and O–H groups in total. The molecular weight excluding hydrogens is 388 g/mol. The summed E-state index contributed by atoms with van der Waals surface area (Å²) in [6, 6.07) is 9.19. The van der Waals surface area contributed by atoms with E-state index in [1.165, 1.54) is 4.90 Å². The highest BCUT2D eigenvalue weighted by atomic mass is 16.6. The Bertz CT molecular complexity index is 914. The van der Waals surface area contributed by atoms with Gasteiger partial charge in [0, 0.05) is 36.2 Å². The standard InChI is InChI=1S/C20H24N6O4/c1-14-12-17(25-6-9-29-10-7-25)24-19(21-14)23-16-4-2-15(3-5-16)22-18(27)13-26-8-11-30-20(26)28/h2-5,12H,6-11,13H2,1H3,(H,22,27)(H,21,23,24). The number of cyclic esters (lactones) is 1. The second kappa shape index (κ2) is 8.95. The molecule has 0 saturated carbocycles. The van der Waals surface area contributed by atoms with E-state index in [-0.39, 0.29) is 12.5 Å². The van der Waals surface area contributed by atoms with Crippen LogP contribution in [-0.2, 0) is 14.3 Å². The lowest BCUT2D eigenvalue weighted by molar-refractivity contribution is -0.116. The van der Waals surface area contributed by atoms with Crippen molar-refractivity contribution in [3.63, 3.8) is 0 Å². The number of anilines is 4. The Morgan fingerprint density at radius 3 is 2.50 bits per heavy atom. The van der Waals surface area contributed by atoms with Crippen LogP contribution in [0.3, 0.4) is 0 Å². The van der Waals surface area contributed by atoms with Crippen molar-refractivity contribution in [3.8, 4) is 0 Å². The maximum Gasteiger partial charge on any atom is 0.410 e. The van der Waals surface area contributed by atoms with Crippen molar-refractivity contribution >= 4 is 35.1 Å². The van der Waals surface area contributed by atoms with Crippen LogP contribution in [0.2, 0.25) is 0 Å². The van der Waals surface area contributed by atoms with Gasteiger partial charge < -0.3 is 25.0 Å². The SMILES string of the molecule is Cc1cc(N2CCOCC2)nc(Nc2ccc(NC(=O)CN3CCOC3=O)cc2)n1. The van der Waals surface area contributed by atoms with E-state index in [0.29, 0.717) is 38.0 Å². The number of hydrogen-bond donors (Lipinski definition) is 2. The van der Waals surface area contributed by atoms with Gasteiger partial charge in [-0.05, 0) is 31.2 Å². The van der Waals surface area contributed by atoms with Gasteiger partial charge >= 0.3 is 6.09 Å². The number of amides is 2. The fraction of sp³-hybridized carbons (Fsp3) is 0.400. The molecule has 10 nitrogen and oxygen atoms in total. The molecule has 0 bridgehead atoms. The second-order valence-electron chi connectivity index (χ2n) is 7.08. The normalized spacial score (nSPS) is 16.4. The minimum absolute atomic E-state index is 0.0275. The van der Waals surface area contributed by atoms with Gasteiger partial charge in [0.25, 0.3) is 0 Å². The number of aryl methyl sites for hydroxylation is 1. The van der Waals surface area contributed by atoms with Crippen molar-refractivity contribution < 1.29 is 19.1 Å². The number of nitrogens with one attached hydrogen (secondary N) is 2. The van der Waals surface area contributed by atoms with E-state index in [1.807, 2.05) is 25.1 Å². The predicted octanol–water partition coefficient (Wildman–Crippen LogP) is 1.76. The molecule has 0 aliphatic carbocycles. The lowest BCUT2D eigenvalue weighted by Gasteiger charge is -2.28. The number of rotatable bonds is 6. The summed E-state index contributed by atoms with van der Waals surface area (Å²) in [5, 5.41) is 5.98. The number of ether oxygens (including phenoxy) is 2. The highest BCUT2D eigenvalue weighted by molar-refractivity contribution is 5.94. The molecule has 0 unspecified atom stereocenters. The highest BCUT2D eigenvalue weighted by Gasteiger charge is 2.24. The summed E-state index contributed by atoms with van der Waals surface area (Å²) in [5.41, 5.74) is 2.31. The molecule has 2 fully saturated rings. The van der Waals surface area contributed by atoms with E-state index in [4.69, 9.17) is 9.47 Å². The molecule has 10 heteroatoms. The molecule has 3 heterocycles. The van der Waals surface area contributed by atoms with Gasteiger partial charge in [0.1, 0.15) is 19.0 Å².